The number of anilines is 1. The summed E-state index contributed by atoms with van der Waals surface area (Å²) in [5.74, 6) is -0.455. The van der Waals surface area contributed by atoms with Crippen molar-refractivity contribution in [2.45, 2.75) is 51.7 Å². The molecule has 8 heteroatoms. The lowest BCUT2D eigenvalue weighted by molar-refractivity contribution is -0.116. The second kappa shape index (κ2) is 9.89. The SMILES string of the molecule is CSc1nc(C)c(CCC(=O)Nc2cc(Cl)ccc2C(=O)NC(C)C)c(C)n1. The number of benzene rings is 1. The fraction of sp³-hybridized carbons (Fsp3) is 0.400. The van der Waals surface area contributed by atoms with Crippen molar-refractivity contribution in [3.05, 3.63) is 45.7 Å². The molecule has 1 aromatic carbocycles. The number of carbonyl (C=O) groups is 2. The number of nitrogens with one attached hydrogen (secondary N) is 2. The van der Waals surface area contributed by atoms with Crippen molar-refractivity contribution in [2.75, 3.05) is 11.6 Å². The third kappa shape index (κ3) is 5.94. The predicted molar refractivity (Wildman–Crippen MR) is 114 cm³/mol. The molecule has 0 fully saturated rings. The van der Waals surface area contributed by atoms with Crippen molar-refractivity contribution in [3.63, 3.8) is 0 Å². The van der Waals surface area contributed by atoms with Crippen molar-refractivity contribution in [2.24, 2.45) is 0 Å². The van der Waals surface area contributed by atoms with E-state index >= 15 is 0 Å². The number of hydrogen-bond acceptors (Lipinski definition) is 5. The zero-order chi connectivity index (χ0) is 20.8. The quantitative estimate of drug-likeness (QED) is 0.518. The molecule has 0 unspecified atom stereocenters. The molecule has 0 saturated heterocycles. The third-order valence-electron chi connectivity index (χ3n) is 4.10. The summed E-state index contributed by atoms with van der Waals surface area (Å²) in [7, 11) is 0. The van der Waals surface area contributed by atoms with Crippen LogP contribution >= 0.6 is 23.4 Å². The zero-order valence-electron chi connectivity index (χ0n) is 16.7. The zero-order valence-corrected chi connectivity index (χ0v) is 18.3. The van der Waals surface area contributed by atoms with Crippen LogP contribution in [-0.4, -0.2) is 34.1 Å². The molecule has 2 N–H and O–H groups in total. The maximum Gasteiger partial charge on any atom is 0.253 e. The molecule has 1 aromatic heterocycles. The Balaban J connectivity index is 2.12. The second-order valence-corrected chi connectivity index (χ2v) is 7.94. The minimum absolute atomic E-state index is 0.0121. The molecule has 0 aliphatic rings. The molecule has 0 radical (unpaired) electrons. The Morgan fingerprint density at radius 2 is 1.82 bits per heavy atom. The number of amides is 2. The van der Waals surface area contributed by atoms with E-state index in [1.807, 2.05) is 34.0 Å². The van der Waals surface area contributed by atoms with Gasteiger partial charge in [0, 0.05) is 28.9 Å². The average Bonchev–Trinajstić information content (AvgIpc) is 2.60. The number of thioether (sulfide) groups is 1. The van der Waals surface area contributed by atoms with Gasteiger partial charge in [-0.15, -0.1) is 0 Å². The van der Waals surface area contributed by atoms with Gasteiger partial charge < -0.3 is 10.6 Å². The van der Waals surface area contributed by atoms with Crippen molar-refractivity contribution in [1.29, 1.82) is 0 Å². The molecule has 0 aliphatic heterocycles. The maximum absolute atomic E-state index is 12.5. The molecule has 0 spiro atoms. The summed E-state index contributed by atoms with van der Waals surface area (Å²) in [6.45, 7) is 7.60. The Labute approximate surface area is 174 Å². The molecule has 0 aliphatic carbocycles. The van der Waals surface area contributed by atoms with Crippen molar-refractivity contribution < 1.29 is 9.59 Å². The number of carbonyl (C=O) groups excluding carboxylic acids is 2. The first-order chi connectivity index (χ1) is 13.2. The highest BCUT2D eigenvalue weighted by Crippen LogP contribution is 2.22. The number of halogens is 1. The fourth-order valence-corrected chi connectivity index (χ4v) is 3.40. The first kappa shape index (κ1) is 22.2. The van der Waals surface area contributed by atoms with Crippen LogP contribution in [-0.2, 0) is 11.2 Å². The standard InChI is InChI=1S/C20H25ClN4O2S/c1-11(2)22-19(27)16-7-6-14(21)10-17(16)25-18(26)9-8-15-12(3)23-20(28-5)24-13(15)4/h6-7,10-11H,8-9H2,1-5H3,(H,22,27)(H,25,26). The van der Waals surface area contributed by atoms with Gasteiger partial charge in [0.25, 0.3) is 5.91 Å². The van der Waals surface area contributed by atoms with Crippen LogP contribution in [0.3, 0.4) is 0 Å². The Morgan fingerprint density at radius 1 is 1.18 bits per heavy atom. The van der Waals surface area contributed by atoms with Crippen LogP contribution < -0.4 is 10.6 Å². The molecule has 1 heterocycles. The number of hydrogen-bond donors (Lipinski definition) is 2. The largest absolute Gasteiger partial charge is 0.350 e. The van der Waals surface area contributed by atoms with Gasteiger partial charge in [0.1, 0.15) is 0 Å². The highest BCUT2D eigenvalue weighted by molar-refractivity contribution is 7.98. The summed E-state index contributed by atoms with van der Waals surface area (Å²) >= 11 is 7.54. The van der Waals surface area contributed by atoms with E-state index < -0.39 is 0 Å². The number of rotatable bonds is 7. The molecule has 6 nitrogen and oxygen atoms in total. The first-order valence-corrected chi connectivity index (χ1v) is 10.6. The summed E-state index contributed by atoms with van der Waals surface area (Å²) in [6, 6.07) is 4.81. The Kier molecular flexibility index (Phi) is 7.83. The molecule has 150 valence electrons. The molecule has 28 heavy (non-hydrogen) atoms. The van der Waals surface area contributed by atoms with Gasteiger partial charge in [-0.2, -0.15) is 0 Å². The van der Waals surface area contributed by atoms with Crippen LogP contribution in [0.4, 0.5) is 5.69 Å². The van der Waals surface area contributed by atoms with Gasteiger partial charge in [-0.1, -0.05) is 23.4 Å². The minimum Gasteiger partial charge on any atom is -0.350 e. The van der Waals surface area contributed by atoms with Crippen LogP contribution in [0.5, 0.6) is 0 Å². The third-order valence-corrected chi connectivity index (χ3v) is 4.89. The van der Waals surface area contributed by atoms with Gasteiger partial charge in [-0.25, -0.2) is 9.97 Å². The monoisotopic (exact) mass is 420 g/mol. The van der Waals surface area contributed by atoms with Gasteiger partial charge in [0.15, 0.2) is 5.16 Å². The Bertz CT molecular complexity index is 863. The van der Waals surface area contributed by atoms with Gasteiger partial charge in [0.2, 0.25) is 5.91 Å². The van der Waals surface area contributed by atoms with E-state index in [-0.39, 0.29) is 24.3 Å². The molecule has 0 bridgehead atoms. The summed E-state index contributed by atoms with van der Waals surface area (Å²) in [5, 5.41) is 6.81. The van der Waals surface area contributed by atoms with Gasteiger partial charge in [-0.05, 0) is 64.1 Å². The summed E-state index contributed by atoms with van der Waals surface area (Å²) < 4.78 is 0. The fourth-order valence-electron chi connectivity index (χ4n) is 2.77. The molecular weight excluding hydrogens is 396 g/mol. The molecule has 2 rings (SSSR count). The molecule has 2 aromatic rings. The number of aryl methyl sites for hydroxylation is 2. The number of nitrogens with zero attached hydrogens (tertiary/aromatic N) is 2. The van der Waals surface area contributed by atoms with Gasteiger partial charge in [-0.3, -0.25) is 9.59 Å². The summed E-state index contributed by atoms with van der Waals surface area (Å²) in [5.41, 5.74) is 3.51. The summed E-state index contributed by atoms with van der Waals surface area (Å²) in [6.07, 6.45) is 2.70. The van der Waals surface area contributed by atoms with Crippen molar-refractivity contribution >= 4 is 40.9 Å². The number of aromatic nitrogens is 2. The topological polar surface area (TPSA) is 84.0 Å². The molecular formula is C20H25ClN4O2S. The minimum atomic E-state index is -0.255. The van der Waals surface area contributed by atoms with Crippen molar-refractivity contribution in [1.82, 2.24) is 15.3 Å². The van der Waals surface area contributed by atoms with Crippen LogP contribution in [0.1, 0.15) is 47.6 Å². The lowest BCUT2D eigenvalue weighted by atomic mass is 10.1. The molecule has 2 amide bonds. The lowest BCUT2D eigenvalue weighted by Gasteiger charge is -2.14. The van der Waals surface area contributed by atoms with E-state index in [1.165, 1.54) is 11.8 Å². The Morgan fingerprint density at radius 3 is 2.39 bits per heavy atom. The first-order valence-electron chi connectivity index (χ1n) is 8.99. The van der Waals surface area contributed by atoms with Crippen LogP contribution in [0.25, 0.3) is 0 Å². The summed E-state index contributed by atoms with van der Waals surface area (Å²) in [4.78, 5) is 33.8. The van der Waals surface area contributed by atoms with Crippen LogP contribution in [0.2, 0.25) is 5.02 Å². The predicted octanol–water partition coefficient (Wildman–Crippen LogP) is 4.18. The maximum atomic E-state index is 12.5. The smallest absolute Gasteiger partial charge is 0.253 e. The Hall–Kier alpha value is -2.12. The lowest BCUT2D eigenvalue weighted by Crippen LogP contribution is -2.31. The van der Waals surface area contributed by atoms with E-state index in [4.69, 9.17) is 11.6 Å². The van der Waals surface area contributed by atoms with Gasteiger partial charge in [0.05, 0.1) is 11.3 Å². The van der Waals surface area contributed by atoms with E-state index in [0.29, 0.717) is 22.7 Å². The second-order valence-electron chi connectivity index (χ2n) is 6.73. The van der Waals surface area contributed by atoms with Crippen LogP contribution in [0.15, 0.2) is 23.4 Å². The molecule has 0 saturated carbocycles. The van der Waals surface area contributed by atoms with E-state index in [0.717, 1.165) is 22.1 Å². The van der Waals surface area contributed by atoms with Gasteiger partial charge >= 0.3 is 0 Å². The highest BCUT2D eigenvalue weighted by Gasteiger charge is 2.16. The van der Waals surface area contributed by atoms with E-state index in [1.54, 1.807) is 18.2 Å². The normalized spacial score (nSPS) is 10.8. The highest BCUT2D eigenvalue weighted by atomic mass is 35.5. The molecule has 0 atom stereocenters. The van der Waals surface area contributed by atoms with Crippen LogP contribution in [0, 0.1) is 13.8 Å². The van der Waals surface area contributed by atoms with E-state index in [9.17, 15) is 9.59 Å². The average molecular weight is 421 g/mol. The van der Waals surface area contributed by atoms with Crippen molar-refractivity contribution in [3.8, 4) is 0 Å². The van der Waals surface area contributed by atoms with E-state index in [2.05, 4.69) is 20.6 Å².